The fourth-order valence-corrected chi connectivity index (χ4v) is 3.61. The van der Waals surface area contributed by atoms with E-state index in [0.717, 1.165) is 17.7 Å². The van der Waals surface area contributed by atoms with Crippen LogP contribution in [0.5, 0.6) is 5.75 Å². The highest BCUT2D eigenvalue weighted by molar-refractivity contribution is 6.35. The molecule has 1 N–H and O–H groups in total. The summed E-state index contributed by atoms with van der Waals surface area (Å²) < 4.78 is 5.70. The maximum Gasteiger partial charge on any atom is 0.142 e. The van der Waals surface area contributed by atoms with Crippen LogP contribution in [0.1, 0.15) is 51.6 Å². The molecule has 2 rings (SSSR count). The van der Waals surface area contributed by atoms with Crippen LogP contribution in [0.15, 0.2) is 12.1 Å². The minimum Gasteiger partial charge on any atom is -0.492 e. The molecule has 2 nitrogen and oxygen atoms in total. The molecule has 0 aromatic heterocycles. The highest BCUT2D eigenvalue weighted by Crippen LogP contribution is 2.40. The molecule has 20 heavy (non-hydrogen) atoms. The van der Waals surface area contributed by atoms with Crippen LogP contribution in [-0.2, 0) is 0 Å². The van der Waals surface area contributed by atoms with E-state index in [0.29, 0.717) is 28.6 Å². The smallest absolute Gasteiger partial charge is 0.142 e. The van der Waals surface area contributed by atoms with Gasteiger partial charge in [-0.1, -0.05) is 49.9 Å². The van der Waals surface area contributed by atoms with Crippen molar-refractivity contribution in [3.05, 3.63) is 27.7 Å². The number of hydrogen-bond donors (Lipinski definition) is 1. The van der Waals surface area contributed by atoms with Gasteiger partial charge in [-0.05, 0) is 25.0 Å². The molecule has 1 aliphatic heterocycles. The lowest BCUT2D eigenvalue weighted by molar-refractivity contribution is 0.230. The maximum atomic E-state index is 6.23. The monoisotopic (exact) mass is 315 g/mol. The number of hydrogen-bond acceptors (Lipinski definition) is 2. The normalized spacial score (nSPS) is 19.6. The number of benzene rings is 1. The van der Waals surface area contributed by atoms with Gasteiger partial charge in [0.05, 0.1) is 11.6 Å². The minimum absolute atomic E-state index is 0.269. The van der Waals surface area contributed by atoms with Crippen LogP contribution < -0.4 is 10.1 Å². The van der Waals surface area contributed by atoms with E-state index in [4.69, 9.17) is 27.9 Å². The standard InChI is InChI=1S/C16H23Cl2NO/c1-4-11(5-2)10(3)19-15-6-7-20-16-13(15)8-12(17)9-14(16)18/h8-11,15,19H,4-7H2,1-3H3. The van der Waals surface area contributed by atoms with Crippen molar-refractivity contribution in [3.63, 3.8) is 0 Å². The molecule has 0 fully saturated rings. The van der Waals surface area contributed by atoms with E-state index in [-0.39, 0.29) is 6.04 Å². The van der Waals surface area contributed by atoms with E-state index in [9.17, 15) is 0 Å². The summed E-state index contributed by atoms with van der Waals surface area (Å²) in [6.07, 6.45) is 3.34. The van der Waals surface area contributed by atoms with Crippen molar-refractivity contribution < 1.29 is 4.74 Å². The Morgan fingerprint density at radius 3 is 2.65 bits per heavy atom. The minimum atomic E-state index is 0.269. The first-order valence-corrected chi connectivity index (χ1v) is 8.20. The Hall–Kier alpha value is -0.440. The summed E-state index contributed by atoms with van der Waals surface area (Å²) in [6.45, 7) is 7.45. The Balaban J connectivity index is 2.20. The molecule has 2 unspecified atom stereocenters. The van der Waals surface area contributed by atoms with Crippen LogP contribution in [0.25, 0.3) is 0 Å². The van der Waals surface area contributed by atoms with Crippen LogP contribution in [0, 0.1) is 5.92 Å². The lowest BCUT2D eigenvalue weighted by atomic mass is 9.92. The highest BCUT2D eigenvalue weighted by atomic mass is 35.5. The zero-order valence-corrected chi connectivity index (χ0v) is 13.9. The van der Waals surface area contributed by atoms with Gasteiger partial charge in [0.15, 0.2) is 0 Å². The summed E-state index contributed by atoms with van der Waals surface area (Å²) in [5, 5.41) is 5.01. The summed E-state index contributed by atoms with van der Waals surface area (Å²) in [5.41, 5.74) is 1.09. The van der Waals surface area contributed by atoms with Gasteiger partial charge < -0.3 is 10.1 Å². The van der Waals surface area contributed by atoms with Crippen molar-refractivity contribution in [3.8, 4) is 5.75 Å². The average Bonchev–Trinajstić information content (AvgIpc) is 2.41. The fourth-order valence-electron chi connectivity index (χ4n) is 3.05. The molecule has 2 atom stereocenters. The molecule has 1 aromatic rings. The number of halogens is 2. The van der Waals surface area contributed by atoms with Gasteiger partial charge in [0.25, 0.3) is 0 Å². The van der Waals surface area contributed by atoms with Gasteiger partial charge in [-0.15, -0.1) is 0 Å². The van der Waals surface area contributed by atoms with Gasteiger partial charge in [0.1, 0.15) is 5.75 Å². The molecular weight excluding hydrogens is 293 g/mol. The zero-order valence-electron chi connectivity index (χ0n) is 12.4. The predicted octanol–water partition coefficient (Wildman–Crippen LogP) is 5.23. The second-order valence-electron chi connectivity index (χ2n) is 5.53. The van der Waals surface area contributed by atoms with Crippen LogP contribution in [0.2, 0.25) is 10.0 Å². The number of rotatable bonds is 5. The summed E-state index contributed by atoms with van der Waals surface area (Å²) >= 11 is 12.4. The lowest BCUT2D eigenvalue weighted by Crippen LogP contribution is -2.38. The first-order valence-electron chi connectivity index (χ1n) is 7.44. The predicted molar refractivity (Wildman–Crippen MR) is 86.0 cm³/mol. The number of ether oxygens (including phenoxy) is 1. The first-order chi connectivity index (χ1) is 9.56. The quantitative estimate of drug-likeness (QED) is 0.803. The summed E-state index contributed by atoms with van der Waals surface area (Å²) in [7, 11) is 0. The molecule has 1 aromatic carbocycles. The molecule has 0 radical (unpaired) electrons. The molecule has 4 heteroatoms. The molecule has 0 aliphatic carbocycles. The Kier molecular flexibility index (Phi) is 5.59. The van der Waals surface area contributed by atoms with Crippen molar-refractivity contribution in [2.75, 3.05) is 6.61 Å². The molecule has 1 aliphatic rings. The third-order valence-electron chi connectivity index (χ3n) is 4.29. The number of fused-ring (bicyclic) bond motifs is 1. The van der Waals surface area contributed by atoms with E-state index in [1.165, 1.54) is 12.8 Å². The van der Waals surface area contributed by atoms with Gasteiger partial charge in [-0.2, -0.15) is 0 Å². The molecule has 0 spiro atoms. The summed E-state index contributed by atoms with van der Waals surface area (Å²) in [4.78, 5) is 0. The largest absolute Gasteiger partial charge is 0.492 e. The second-order valence-corrected chi connectivity index (χ2v) is 6.37. The molecule has 112 valence electrons. The SMILES string of the molecule is CCC(CC)C(C)NC1CCOc2c(Cl)cc(Cl)cc21. The van der Waals surface area contributed by atoms with Gasteiger partial charge in [-0.25, -0.2) is 0 Å². The van der Waals surface area contributed by atoms with Crippen LogP contribution >= 0.6 is 23.2 Å². The Morgan fingerprint density at radius 2 is 2.00 bits per heavy atom. The van der Waals surface area contributed by atoms with E-state index in [1.54, 1.807) is 6.07 Å². The Bertz CT molecular complexity index is 460. The molecule has 0 amide bonds. The number of nitrogens with one attached hydrogen (secondary N) is 1. The van der Waals surface area contributed by atoms with Crippen molar-refractivity contribution in [2.45, 2.75) is 52.1 Å². The van der Waals surface area contributed by atoms with Crippen molar-refractivity contribution in [1.82, 2.24) is 5.32 Å². The van der Waals surface area contributed by atoms with Crippen molar-refractivity contribution >= 4 is 23.2 Å². The molecular formula is C16H23Cl2NO. The van der Waals surface area contributed by atoms with Crippen LogP contribution in [0.4, 0.5) is 0 Å². The molecule has 0 saturated heterocycles. The highest BCUT2D eigenvalue weighted by Gasteiger charge is 2.26. The van der Waals surface area contributed by atoms with E-state index < -0.39 is 0 Å². The molecule has 1 heterocycles. The molecule has 0 saturated carbocycles. The van der Waals surface area contributed by atoms with Gasteiger partial charge >= 0.3 is 0 Å². The summed E-state index contributed by atoms with van der Waals surface area (Å²) in [5.74, 6) is 1.48. The third-order valence-corrected chi connectivity index (χ3v) is 4.78. The van der Waals surface area contributed by atoms with Gasteiger partial charge in [-0.3, -0.25) is 0 Å². The van der Waals surface area contributed by atoms with Crippen LogP contribution in [-0.4, -0.2) is 12.6 Å². The van der Waals surface area contributed by atoms with Crippen LogP contribution in [0.3, 0.4) is 0 Å². The lowest BCUT2D eigenvalue weighted by Gasteiger charge is -2.32. The van der Waals surface area contributed by atoms with Crippen molar-refractivity contribution in [2.24, 2.45) is 5.92 Å². The molecule has 0 bridgehead atoms. The zero-order chi connectivity index (χ0) is 14.7. The van der Waals surface area contributed by atoms with Crippen molar-refractivity contribution in [1.29, 1.82) is 0 Å². The van der Waals surface area contributed by atoms with E-state index in [2.05, 4.69) is 26.1 Å². The fraction of sp³-hybridized carbons (Fsp3) is 0.625. The average molecular weight is 316 g/mol. The van der Waals surface area contributed by atoms with E-state index in [1.807, 2.05) is 6.07 Å². The van der Waals surface area contributed by atoms with Gasteiger partial charge in [0.2, 0.25) is 0 Å². The third kappa shape index (κ3) is 3.41. The Morgan fingerprint density at radius 1 is 1.30 bits per heavy atom. The Labute approximate surface area is 131 Å². The maximum absolute atomic E-state index is 6.23. The summed E-state index contributed by atoms with van der Waals surface area (Å²) in [6, 6.07) is 4.46. The second kappa shape index (κ2) is 7.02. The first kappa shape index (κ1) is 15.9. The van der Waals surface area contributed by atoms with E-state index >= 15 is 0 Å². The topological polar surface area (TPSA) is 21.3 Å². The van der Waals surface area contributed by atoms with Gasteiger partial charge in [0, 0.05) is 29.1 Å².